The zero-order chi connectivity index (χ0) is 78.5. The van der Waals surface area contributed by atoms with Crippen LogP contribution in [0.15, 0.2) is 0 Å². The van der Waals surface area contributed by atoms with Gasteiger partial charge in [-0.3, -0.25) is 37.3 Å². The maximum atomic E-state index is 13.2. The Bertz CT molecular complexity index is 2050. The molecule has 2 unspecified atom stereocenters. The molecular formula is C88H172O17P2. The molecule has 19 heteroatoms. The molecule has 0 amide bonds. The number of hydrogen-bond acceptors (Lipinski definition) is 15. The van der Waals surface area contributed by atoms with Crippen LogP contribution in [0.4, 0.5) is 0 Å². The van der Waals surface area contributed by atoms with E-state index in [2.05, 4.69) is 41.5 Å². The van der Waals surface area contributed by atoms with Gasteiger partial charge >= 0.3 is 39.5 Å². The van der Waals surface area contributed by atoms with Crippen LogP contribution in [0.2, 0.25) is 0 Å². The highest BCUT2D eigenvalue weighted by molar-refractivity contribution is 7.47. The molecule has 0 bridgehead atoms. The van der Waals surface area contributed by atoms with E-state index in [9.17, 15) is 43.2 Å². The third kappa shape index (κ3) is 81.9. The zero-order valence-electron chi connectivity index (χ0n) is 70.5. The number of ether oxygens (including phenoxy) is 4. The van der Waals surface area contributed by atoms with Crippen molar-refractivity contribution in [2.45, 2.75) is 490 Å². The number of aliphatic hydroxyl groups excluding tert-OH is 1. The molecule has 0 radical (unpaired) electrons. The Morgan fingerprint density at radius 3 is 0.636 bits per heavy atom. The molecule has 0 aromatic heterocycles. The van der Waals surface area contributed by atoms with Crippen LogP contribution < -0.4 is 0 Å². The zero-order valence-corrected chi connectivity index (χ0v) is 72.2. The van der Waals surface area contributed by atoms with Crippen LogP contribution in [-0.4, -0.2) is 96.7 Å². The molecule has 0 spiro atoms. The number of phosphoric acid groups is 2. The van der Waals surface area contributed by atoms with Crippen molar-refractivity contribution in [2.75, 3.05) is 39.6 Å². The summed E-state index contributed by atoms with van der Waals surface area (Å²) in [6, 6.07) is 0. The predicted molar refractivity (Wildman–Crippen MR) is 442 cm³/mol. The van der Waals surface area contributed by atoms with Crippen LogP contribution in [-0.2, 0) is 65.4 Å². The van der Waals surface area contributed by atoms with Gasteiger partial charge in [-0.25, -0.2) is 9.13 Å². The van der Waals surface area contributed by atoms with Gasteiger partial charge in [0, 0.05) is 25.7 Å². The van der Waals surface area contributed by atoms with Gasteiger partial charge in [0.05, 0.1) is 26.4 Å². The van der Waals surface area contributed by atoms with Crippen molar-refractivity contribution < 1.29 is 80.2 Å². The number of phosphoric ester groups is 2. The maximum absolute atomic E-state index is 13.2. The topological polar surface area (TPSA) is 237 Å². The predicted octanol–water partition coefficient (Wildman–Crippen LogP) is 27.0. The van der Waals surface area contributed by atoms with Gasteiger partial charge < -0.3 is 33.8 Å². The fourth-order valence-corrected chi connectivity index (χ4v) is 15.4. The summed E-state index contributed by atoms with van der Waals surface area (Å²) in [5, 5.41) is 10.7. The Kier molecular flexibility index (Phi) is 77.9. The Morgan fingerprint density at radius 2 is 0.430 bits per heavy atom. The van der Waals surface area contributed by atoms with Gasteiger partial charge in [-0.05, 0) is 37.5 Å². The largest absolute Gasteiger partial charge is 0.472 e. The van der Waals surface area contributed by atoms with Gasteiger partial charge in [-0.1, -0.05) is 420 Å². The van der Waals surface area contributed by atoms with Gasteiger partial charge in [0.15, 0.2) is 12.2 Å². The highest BCUT2D eigenvalue weighted by Crippen LogP contribution is 2.45. The van der Waals surface area contributed by atoms with Crippen molar-refractivity contribution >= 4 is 39.5 Å². The van der Waals surface area contributed by atoms with Crippen molar-refractivity contribution in [3.63, 3.8) is 0 Å². The number of esters is 4. The lowest BCUT2D eigenvalue weighted by molar-refractivity contribution is -0.161. The summed E-state index contributed by atoms with van der Waals surface area (Å²) in [4.78, 5) is 73.3. The minimum Gasteiger partial charge on any atom is -0.462 e. The molecule has 0 saturated carbocycles. The van der Waals surface area contributed by atoms with Crippen molar-refractivity contribution in [1.29, 1.82) is 0 Å². The van der Waals surface area contributed by atoms with Gasteiger partial charge in [-0.15, -0.1) is 0 Å². The Labute approximate surface area is 658 Å². The molecule has 0 aliphatic rings. The molecule has 3 N–H and O–H groups in total. The molecule has 0 rings (SSSR count). The lowest BCUT2D eigenvalue weighted by atomic mass is 10.0. The third-order valence-electron chi connectivity index (χ3n) is 20.7. The molecule has 17 nitrogen and oxygen atoms in total. The number of aliphatic hydroxyl groups is 1. The van der Waals surface area contributed by atoms with Crippen molar-refractivity contribution in [2.24, 2.45) is 11.8 Å². The number of carbonyl (C=O) groups excluding carboxylic acids is 4. The number of unbranched alkanes of at least 4 members (excludes halogenated alkanes) is 57. The summed E-state index contributed by atoms with van der Waals surface area (Å²) in [6.07, 6.45) is 72.4. The van der Waals surface area contributed by atoms with E-state index >= 15 is 0 Å². The molecule has 107 heavy (non-hydrogen) atoms. The van der Waals surface area contributed by atoms with E-state index in [-0.39, 0.29) is 25.7 Å². The lowest BCUT2D eigenvalue weighted by Gasteiger charge is -2.21. The minimum absolute atomic E-state index is 0.108. The number of rotatable bonds is 87. The number of hydrogen-bond donors (Lipinski definition) is 3. The Balaban J connectivity index is 5.22. The van der Waals surface area contributed by atoms with E-state index in [0.29, 0.717) is 31.6 Å². The van der Waals surface area contributed by atoms with Crippen molar-refractivity contribution in [3.8, 4) is 0 Å². The van der Waals surface area contributed by atoms with E-state index < -0.39 is 97.5 Å². The van der Waals surface area contributed by atoms with Crippen LogP contribution >= 0.6 is 15.6 Å². The van der Waals surface area contributed by atoms with E-state index in [1.165, 1.54) is 283 Å². The quantitative estimate of drug-likeness (QED) is 0.0222. The Morgan fingerprint density at radius 1 is 0.252 bits per heavy atom. The lowest BCUT2D eigenvalue weighted by Crippen LogP contribution is -2.30. The second-order valence-corrected chi connectivity index (χ2v) is 35.5. The van der Waals surface area contributed by atoms with E-state index in [1.807, 2.05) is 0 Å². The molecule has 0 aromatic carbocycles. The molecule has 0 fully saturated rings. The van der Waals surface area contributed by atoms with Gasteiger partial charge in [0.1, 0.15) is 19.3 Å². The highest BCUT2D eigenvalue weighted by Gasteiger charge is 2.30. The third-order valence-corrected chi connectivity index (χ3v) is 22.6. The standard InChI is InChI=1S/C88H172O17P2/c1-7-9-11-13-15-17-19-21-23-25-26-27-28-30-36-40-44-48-54-61-67-72-87(92)104-83(76-98-85(90)70-64-58-52-46-42-38-34-32-31-33-37-41-45-50-56-62-68-80(3)4)78-102-106(94,95)100-74-82(89)75-101-107(96,97)103-79-84(77-99-86(91)71-65-59-55-49-51-57-63-69-81(5)6)105-88(93)73-66-60-53-47-43-39-35-29-24-22-20-18-16-14-12-10-8-2/h80-84,89H,7-79H2,1-6H3,(H,94,95)(H,96,97)/t82-,83-,84-/m1/s1. The first kappa shape index (κ1) is 105. The first-order chi connectivity index (χ1) is 51.9. The van der Waals surface area contributed by atoms with Crippen LogP contribution in [0.1, 0.15) is 472 Å². The first-order valence-electron chi connectivity index (χ1n) is 45.5. The van der Waals surface area contributed by atoms with Gasteiger partial charge in [0.25, 0.3) is 0 Å². The van der Waals surface area contributed by atoms with Crippen molar-refractivity contribution in [3.05, 3.63) is 0 Å². The minimum atomic E-state index is -4.97. The summed E-state index contributed by atoms with van der Waals surface area (Å²) >= 11 is 0. The van der Waals surface area contributed by atoms with Crippen molar-refractivity contribution in [1.82, 2.24) is 0 Å². The smallest absolute Gasteiger partial charge is 0.462 e. The number of carbonyl (C=O) groups is 4. The average Bonchev–Trinajstić information content (AvgIpc) is 1.17. The molecule has 0 aromatic rings. The average molecular weight is 1560 g/mol. The molecule has 0 aliphatic carbocycles. The first-order valence-corrected chi connectivity index (χ1v) is 48.5. The van der Waals surface area contributed by atoms with E-state index in [0.717, 1.165) is 102 Å². The monoisotopic (exact) mass is 1560 g/mol. The van der Waals surface area contributed by atoms with Crippen LogP contribution in [0, 0.1) is 11.8 Å². The Hall–Kier alpha value is -1.94. The summed E-state index contributed by atoms with van der Waals surface area (Å²) < 4.78 is 68.9. The van der Waals surface area contributed by atoms with Gasteiger partial charge in [0.2, 0.25) is 0 Å². The summed E-state index contributed by atoms with van der Waals surface area (Å²) in [6.45, 7) is 9.66. The fourth-order valence-electron chi connectivity index (χ4n) is 13.8. The molecule has 0 aliphatic heterocycles. The SMILES string of the molecule is CCCCCCCCCCCCCCCCCCCCCCCC(=O)O[C@H](COC(=O)CCCCCCCCCCCCCCCCCCC(C)C)COP(=O)(O)OC[C@@H](O)COP(=O)(O)OC[C@@H](COC(=O)CCCCCCCCCC(C)C)OC(=O)CCCCCCCCCCCCCCCCCCC. The maximum Gasteiger partial charge on any atom is 0.472 e. The van der Waals surface area contributed by atoms with Gasteiger partial charge in [-0.2, -0.15) is 0 Å². The molecule has 636 valence electrons. The van der Waals surface area contributed by atoms with E-state index in [4.69, 9.17) is 37.0 Å². The second kappa shape index (κ2) is 79.3. The highest BCUT2D eigenvalue weighted by atomic mass is 31.2. The second-order valence-electron chi connectivity index (χ2n) is 32.6. The summed E-state index contributed by atoms with van der Waals surface area (Å²) in [5.41, 5.74) is 0. The molecule has 0 heterocycles. The van der Waals surface area contributed by atoms with Crippen LogP contribution in [0.5, 0.6) is 0 Å². The molecule has 0 saturated heterocycles. The molecule has 5 atom stereocenters. The summed E-state index contributed by atoms with van der Waals surface area (Å²) in [5.74, 6) is -0.583. The summed E-state index contributed by atoms with van der Waals surface area (Å²) in [7, 11) is -9.93. The van der Waals surface area contributed by atoms with Crippen LogP contribution in [0.25, 0.3) is 0 Å². The fraction of sp³-hybridized carbons (Fsp3) is 0.955. The normalized spacial score (nSPS) is 13.8. The van der Waals surface area contributed by atoms with E-state index in [1.54, 1.807) is 0 Å². The van der Waals surface area contributed by atoms with Crippen LogP contribution in [0.3, 0.4) is 0 Å². The molecular weight excluding hydrogens is 1390 g/mol.